The van der Waals surface area contributed by atoms with Crippen molar-refractivity contribution < 1.29 is 14.4 Å². The molecule has 2 aromatic rings. The van der Waals surface area contributed by atoms with Crippen LogP contribution in [-0.2, 0) is 0 Å². The number of aromatic nitrogens is 2. The number of hydrogen-bond acceptors (Lipinski definition) is 5. The lowest BCUT2D eigenvalue weighted by molar-refractivity contribution is 0.00525. The van der Waals surface area contributed by atoms with Gasteiger partial charge in [0.25, 0.3) is 11.6 Å². The van der Waals surface area contributed by atoms with E-state index in [1.54, 1.807) is 13.0 Å². The molecule has 112 valence electrons. The van der Waals surface area contributed by atoms with Gasteiger partial charge in [0.1, 0.15) is 0 Å². The van der Waals surface area contributed by atoms with Crippen LogP contribution in [0.3, 0.4) is 0 Å². The molecule has 2 heterocycles. The fourth-order valence-electron chi connectivity index (χ4n) is 2.80. The summed E-state index contributed by atoms with van der Waals surface area (Å²) in [6.07, 6.45) is 6.14. The lowest BCUT2D eigenvalue weighted by Crippen LogP contribution is -2.44. The Kier molecular flexibility index (Phi) is 3.63. The van der Waals surface area contributed by atoms with Crippen LogP contribution < -0.4 is 5.32 Å². The van der Waals surface area contributed by atoms with Gasteiger partial charge in [-0.1, -0.05) is 24.4 Å². The average Bonchev–Trinajstić information content (AvgIpc) is 2.87. The molecule has 0 aromatic carbocycles. The van der Waals surface area contributed by atoms with Crippen LogP contribution in [0.25, 0.3) is 11.1 Å². The molecule has 0 unspecified atom stereocenters. The second kappa shape index (κ2) is 5.44. The van der Waals surface area contributed by atoms with Crippen molar-refractivity contribution in [1.29, 1.82) is 0 Å². The lowest BCUT2D eigenvalue weighted by Gasteiger charge is -2.32. The molecule has 1 fully saturated rings. The molecule has 1 saturated carbocycles. The van der Waals surface area contributed by atoms with Crippen molar-refractivity contribution in [2.45, 2.75) is 44.6 Å². The number of aliphatic hydroxyl groups is 1. The first kappa shape index (κ1) is 14.0. The number of nitrogens with one attached hydrogen (secondary N) is 1. The average molecular weight is 289 g/mol. The van der Waals surface area contributed by atoms with Gasteiger partial charge in [0.15, 0.2) is 0 Å². The molecule has 1 aliphatic carbocycles. The van der Waals surface area contributed by atoms with E-state index in [2.05, 4.69) is 15.5 Å². The second-order valence-electron chi connectivity index (χ2n) is 5.81. The smallest absolute Gasteiger partial charge is 0.257 e. The summed E-state index contributed by atoms with van der Waals surface area (Å²) in [5.41, 5.74) is 0.819. The maximum Gasteiger partial charge on any atom is 0.257 e. The Morgan fingerprint density at radius 1 is 1.43 bits per heavy atom. The van der Waals surface area contributed by atoms with Crippen molar-refractivity contribution in [3.05, 3.63) is 23.5 Å². The van der Waals surface area contributed by atoms with Gasteiger partial charge in [-0.15, -0.1) is 0 Å². The van der Waals surface area contributed by atoms with E-state index in [4.69, 9.17) is 4.52 Å². The number of carbonyl (C=O) groups is 1. The minimum atomic E-state index is -0.765. The maximum atomic E-state index is 12.2. The van der Waals surface area contributed by atoms with Gasteiger partial charge in [-0.2, -0.15) is 0 Å². The molecule has 1 amide bonds. The van der Waals surface area contributed by atoms with E-state index in [9.17, 15) is 9.90 Å². The molecule has 0 aliphatic heterocycles. The van der Waals surface area contributed by atoms with Crippen molar-refractivity contribution in [3.63, 3.8) is 0 Å². The number of rotatable bonds is 3. The molecular formula is C15H19N3O3. The highest BCUT2D eigenvalue weighted by molar-refractivity contribution is 5.96. The van der Waals surface area contributed by atoms with Gasteiger partial charge >= 0.3 is 0 Å². The highest BCUT2D eigenvalue weighted by Crippen LogP contribution is 2.27. The predicted molar refractivity (Wildman–Crippen MR) is 76.9 cm³/mol. The third kappa shape index (κ3) is 2.90. The maximum absolute atomic E-state index is 12.2. The topological polar surface area (TPSA) is 88.2 Å². The van der Waals surface area contributed by atoms with Crippen LogP contribution in [0.4, 0.5) is 0 Å². The molecule has 6 heteroatoms. The van der Waals surface area contributed by atoms with E-state index in [0.29, 0.717) is 17.0 Å². The van der Waals surface area contributed by atoms with Crippen molar-refractivity contribution >= 4 is 17.0 Å². The highest BCUT2D eigenvalue weighted by Gasteiger charge is 2.29. The number of fused-ring (bicyclic) bond motifs is 1. The largest absolute Gasteiger partial charge is 0.388 e. The van der Waals surface area contributed by atoms with E-state index in [1.165, 1.54) is 6.20 Å². The Hall–Kier alpha value is -1.95. The third-order valence-corrected chi connectivity index (χ3v) is 4.13. The van der Waals surface area contributed by atoms with E-state index in [-0.39, 0.29) is 12.5 Å². The zero-order valence-corrected chi connectivity index (χ0v) is 12.1. The summed E-state index contributed by atoms with van der Waals surface area (Å²) in [5.74, 6) is -0.232. The zero-order chi connectivity index (χ0) is 14.9. The summed E-state index contributed by atoms with van der Waals surface area (Å²) in [6.45, 7) is 2.09. The molecule has 0 radical (unpaired) electrons. The standard InChI is InChI=1S/C15H19N3O3/c1-10-12-7-11(8-16-14(12)21-18-10)13(19)17-9-15(20)5-3-2-4-6-15/h7-8,20H,2-6,9H2,1H3,(H,17,19). The van der Waals surface area contributed by atoms with Crippen LogP contribution in [0.5, 0.6) is 0 Å². The van der Waals surface area contributed by atoms with Gasteiger partial charge in [-0.3, -0.25) is 4.79 Å². The number of pyridine rings is 1. The highest BCUT2D eigenvalue weighted by atomic mass is 16.5. The second-order valence-corrected chi connectivity index (χ2v) is 5.81. The number of carbonyl (C=O) groups excluding carboxylic acids is 1. The van der Waals surface area contributed by atoms with Gasteiger partial charge in [-0.25, -0.2) is 4.98 Å². The molecule has 3 rings (SSSR count). The van der Waals surface area contributed by atoms with E-state index in [0.717, 1.165) is 37.5 Å². The Bertz CT molecular complexity index is 659. The number of hydrogen-bond donors (Lipinski definition) is 2. The third-order valence-electron chi connectivity index (χ3n) is 4.13. The molecule has 2 N–H and O–H groups in total. The van der Waals surface area contributed by atoms with Gasteiger partial charge in [-0.05, 0) is 25.8 Å². The van der Waals surface area contributed by atoms with Crippen LogP contribution in [-0.4, -0.2) is 33.3 Å². The van der Waals surface area contributed by atoms with Crippen LogP contribution in [0.2, 0.25) is 0 Å². The molecule has 0 spiro atoms. The molecule has 21 heavy (non-hydrogen) atoms. The quantitative estimate of drug-likeness (QED) is 0.901. The zero-order valence-electron chi connectivity index (χ0n) is 12.1. The molecule has 0 bridgehead atoms. The first-order valence-corrected chi connectivity index (χ1v) is 7.30. The summed E-state index contributed by atoms with van der Waals surface area (Å²) in [7, 11) is 0. The summed E-state index contributed by atoms with van der Waals surface area (Å²) in [6, 6.07) is 1.72. The van der Waals surface area contributed by atoms with E-state index >= 15 is 0 Å². The predicted octanol–water partition coefficient (Wildman–Crippen LogP) is 1.96. The molecule has 6 nitrogen and oxygen atoms in total. The molecule has 1 aliphatic rings. The molecule has 0 saturated heterocycles. The van der Waals surface area contributed by atoms with Gasteiger partial charge < -0.3 is 14.9 Å². The van der Waals surface area contributed by atoms with Crippen molar-refractivity contribution in [1.82, 2.24) is 15.5 Å². The Morgan fingerprint density at radius 3 is 2.95 bits per heavy atom. The Balaban J connectivity index is 1.70. The van der Waals surface area contributed by atoms with E-state index < -0.39 is 5.60 Å². The van der Waals surface area contributed by atoms with Crippen molar-refractivity contribution in [2.75, 3.05) is 6.54 Å². The SMILES string of the molecule is Cc1noc2ncc(C(=O)NCC3(O)CCCCC3)cc12. The van der Waals surface area contributed by atoms with E-state index in [1.807, 2.05) is 0 Å². The summed E-state index contributed by atoms with van der Waals surface area (Å²) < 4.78 is 5.02. The fraction of sp³-hybridized carbons (Fsp3) is 0.533. The molecule has 2 aromatic heterocycles. The monoisotopic (exact) mass is 289 g/mol. The Labute approximate surface area is 122 Å². The fourth-order valence-corrected chi connectivity index (χ4v) is 2.80. The number of amides is 1. The normalized spacial score (nSPS) is 17.8. The van der Waals surface area contributed by atoms with Crippen LogP contribution >= 0.6 is 0 Å². The van der Waals surface area contributed by atoms with Gasteiger partial charge in [0, 0.05) is 12.7 Å². The molecular weight excluding hydrogens is 270 g/mol. The van der Waals surface area contributed by atoms with Crippen molar-refractivity contribution in [3.8, 4) is 0 Å². The van der Waals surface area contributed by atoms with Gasteiger partial charge in [0.2, 0.25) is 0 Å². The number of nitrogens with zero attached hydrogens (tertiary/aromatic N) is 2. The summed E-state index contributed by atoms with van der Waals surface area (Å²) >= 11 is 0. The van der Waals surface area contributed by atoms with Crippen molar-refractivity contribution in [2.24, 2.45) is 0 Å². The van der Waals surface area contributed by atoms with Gasteiger partial charge in [0.05, 0.1) is 22.2 Å². The number of aryl methyl sites for hydroxylation is 1. The summed E-state index contributed by atoms with van der Waals surface area (Å²) in [5, 5.41) is 17.8. The minimum Gasteiger partial charge on any atom is -0.388 e. The first-order chi connectivity index (χ1) is 10.1. The molecule has 0 atom stereocenters. The first-order valence-electron chi connectivity index (χ1n) is 7.30. The Morgan fingerprint density at radius 2 is 2.19 bits per heavy atom. The minimum absolute atomic E-state index is 0.232. The lowest BCUT2D eigenvalue weighted by atomic mass is 9.85. The van der Waals surface area contributed by atoms with Crippen LogP contribution in [0, 0.1) is 6.92 Å². The van der Waals surface area contributed by atoms with Crippen LogP contribution in [0.15, 0.2) is 16.8 Å². The summed E-state index contributed by atoms with van der Waals surface area (Å²) in [4.78, 5) is 16.3. The van der Waals surface area contributed by atoms with Crippen LogP contribution in [0.1, 0.15) is 48.2 Å².